The normalized spacial score (nSPS) is 18.2. The number of aromatic nitrogens is 2. The van der Waals surface area contributed by atoms with Crippen LogP contribution in [0.3, 0.4) is 0 Å². The predicted octanol–water partition coefficient (Wildman–Crippen LogP) is 2.48. The van der Waals surface area contributed by atoms with E-state index < -0.39 is 0 Å². The topological polar surface area (TPSA) is 54.6 Å². The van der Waals surface area contributed by atoms with Gasteiger partial charge in [-0.25, -0.2) is 4.98 Å². The first-order valence-electron chi connectivity index (χ1n) is 8.72. The van der Waals surface area contributed by atoms with Crippen molar-refractivity contribution >= 4 is 16.5 Å². The Kier molecular flexibility index (Phi) is 4.82. The van der Waals surface area contributed by atoms with E-state index in [-0.39, 0.29) is 0 Å². The van der Waals surface area contributed by atoms with Gasteiger partial charge in [-0.1, -0.05) is 5.16 Å². The molecule has 130 valence electrons. The number of fused-ring (bicyclic) bond motifs is 1. The first-order valence-corrected chi connectivity index (χ1v) is 9.53. The first-order chi connectivity index (χ1) is 11.8. The maximum atomic E-state index is 5.52. The lowest BCUT2D eigenvalue weighted by Crippen LogP contribution is -2.36. The minimum atomic E-state index is 0.798. The Bertz CT molecular complexity index is 678. The van der Waals surface area contributed by atoms with Crippen LogP contribution in [-0.4, -0.2) is 48.4 Å². The van der Waals surface area contributed by atoms with Gasteiger partial charge in [0.2, 0.25) is 0 Å². The van der Waals surface area contributed by atoms with Crippen LogP contribution in [0.2, 0.25) is 0 Å². The van der Waals surface area contributed by atoms with Crippen molar-refractivity contribution in [1.82, 2.24) is 15.0 Å². The lowest BCUT2D eigenvalue weighted by atomic mass is 9.96. The van der Waals surface area contributed by atoms with E-state index in [2.05, 4.69) is 27.0 Å². The molecule has 24 heavy (non-hydrogen) atoms. The van der Waals surface area contributed by atoms with Gasteiger partial charge >= 0.3 is 0 Å². The summed E-state index contributed by atoms with van der Waals surface area (Å²) in [5.74, 6) is 1.11. The van der Waals surface area contributed by atoms with Crippen molar-refractivity contribution in [2.45, 2.75) is 38.8 Å². The zero-order chi connectivity index (χ0) is 16.4. The van der Waals surface area contributed by atoms with E-state index in [4.69, 9.17) is 9.26 Å². The van der Waals surface area contributed by atoms with Gasteiger partial charge in [0.25, 0.3) is 0 Å². The molecule has 1 aliphatic carbocycles. The van der Waals surface area contributed by atoms with Gasteiger partial charge in [0.15, 0.2) is 5.13 Å². The van der Waals surface area contributed by atoms with E-state index in [1.807, 2.05) is 6.20 Å². The Labute approximate surface area is 146 Å². The lowest BCUT2D eigenvalue weighted by Gasteiger charge is -2.26. The minimum absolute atomic E-state index is 0.798. The average Bonchev–Trinajstić information content (AvgIpc) is 3.23. The maximum Gasteiger partial charge on any atom is 0.185 e. The first kappa shape index (κ1) is 16.1. The number of nitrogens with zero attached hydrogens (tertiary/aromatic N) is 4. The SMILES string of the molecule is CN(Cc1cnc(N2CCOCC2)s1)Cc1noc2c1CCCC2. The van der Waals surface area contributed by atoms with E-state index >= 15 is 0 Å². The van der Waals surface area contributed by atoms with Gasteiger partial charge in [-0.3, -0.25) is 4.90 Å². The molecule has 1 aliphatic heterocycles. The largest absolute Gasteiger partial charge is 0.378 e. The Morgan fingerprint density at radius 1 is 1.21 bits per heavy atom. The summed E-state index contributed by atoms with van der Waals surface area (Å²) in [6, 6.07) is 0. The summed E-state index contributed by atoms with van der Waals surface area (Å²) >= 11 is 1.78. The summed E-state index contributed by atoms with van der Waals surface area (Å²) in [6.45, 7) is 5.20. The fourth-order valence-corrected chi connectivity index (χ4v) is 4.46. The second kappa shape index (κ2) is 7.21. The summed E-state index contributed by atoms with van der Waals surface area (Å²) in [5, 5.41) is 5.42. The number of thiazole rings is 1. The fraction of sp³-hybridized carbons (Fsp3) is 0.647. The van der Waals surface area contributed by atoms with Crippen molar-refractivity contribution in [3.8, 4) is 0 Å². The molecule has 4 rings (SSSR count). The van der Waals surface area contributed by atoms with Crippen molar-refractivity contribution in [3.63, 3.8) is 0 Å². The van der Waals surface area contributed by atoms with Crippen LogP contribution in [0.25, 0.3) is 0 Å². The lowest BCUT2D eigenvalue weighted by molar-refractivity contribution is 0.122. The quantitative estimate of drug-likeness (QED) is 0.827. The van der Waals surface area contributed by atoms with Crippen LogP contribution < -0.4 is 4.90 Å². The molecule has 0 aromatic carbocycles. The number of aryl methyl sites for hydroxylation is 1. The van der Waals surface area contributed by atoms with Crippen molar-refractivity contribution in [1.29, 1.82) is 0 Å². The number of hydrogen-bond donors (Lipinski definition) is 0. The Morgan fingerprint density at radius 3 is 2.92 bits per heavy atom. The van der Waals surface area contributed by atoms with Crippen LogP contribution in [0, 0.1) is 0 Å². The van der Waals surface area contributed by atoms with E-state index in [1.165, 1.54) is 23.3 Å². The number of morpholine rings is 1. The zero-order valence-corrected chi connectivity index (χ0v) is 15.0. The maximum absolute atomic E-state index is 5.52. The summed E-state index contributed by atoms with van der Waals surface area (Å²) in [5.41, 5.74) is 2.47. The van der Waals surface area contributed by atoms with Crippen LogP contribution in [0.15, 0.2) is 10.7 Å². The Morgan fingerprint density at radius 2 is 2.04 bits per heavy atom. The minimum Gasteiger partial charge on any atom is -0.378 e. The summed E-state index contributed by atoms with van der Waals surface area (Å²) in [6.07, 6.45) is 6.64. The van der Waals surface area contributed by atoms with Crippen LogP contribution in [0.4, 0.5) is 5.13 Å². The van der Waals surface area contributed by atoms with E-state index in [9.17, 15) is 0 Å². The smallest absolute Gasteiger partial charge is 0.185 e. The van der Waals surface area contributed by atoms with E-state index in [1.54, 1.807) is 11.3 Å². The summed E-state index contributed by atoms with van der Waals surface area (Å²) < 4.78 is 10.9. The fourth-order valence-electron chi connectivity index (χ4n) is 3.42. The van der Waals surface area contributed by atoms with Gasteiger partial charge in [0.05, 0.1) is 13.2 Å². The van der Waals surface area contributed by atoms with Crippen LogP contribution >= 0.6 is 11.3 Å². The number of anilines is 1. The van der Waals surface area contributed by atoms with E-state index in [0.29, 0.717) is 0 Å². The van der Waals surface area contributed by atoms with Gasteiger partial charge in [0.1, 0.15) is 11.5 Å². The van der Waals surface area contributed by atoms with Crippen molar-refractivity contribution in [2.75, 3.05) is 38.3 Å². The molecule has 1 saturated heterocycles. The third kappa shape index (κ3) is 3.48. The second-order valence-electron chi connectivity index (χ2n) is 6.62. The molecule has 0 radical (unpaired) electrons. The highest BCUT2D eigenvalue weighted by molar-refractivity contribution is 7.15. The van der Waals surface area contributed by atoms with Gasteiger partial charge in [-0.05, 0) is 26.3 Å². The van der Waals surface area contributed by atoms with Gasteiger partial charge in [-0.2, -0.15) is 0 Å². The molecule has 6 nitrogen and oxygen atoms in total. The molecule has 0 spiro atoms. The van der Waals surface area contributed by atoms with Gasteiger partial charge in [-0.15, -0.1) is 11.3 Å². The molecule has 2 aliphatic rings. The van der Waals surface area contributed by atoms with Crippen LogP contribution in [0.5, 0.6) is 0 Å². The molecule has 1 fully saturated rings. The predicted molar refractivity (Wildman–Crippen MR) is 93.5 cm³/mol. The molecular weight excluding hydrogens is 324 g/mol. The highest BCUT2D eigenvalue weighted by atomic mass is 32.1. The van der Waals surface area contributed by atoms with Crippen LogP contribution in [0.1, 0.15) is 34.7 Å². The van der Waals surface area contributed by atoms with Crippen molar-refractivity contribution < 1.29 is 9.26 Å². The molecule has 2 aromatic rings. The molecule has 0 saturated carbocycles. The third-order valence-electron chi connectivity index (χ3n) is 4.70. The zero-order valence-electron chi connectivity index (χ0n) is 14.2. The third-order valence-corrected chi connectivity index (χ3v) is 5.74. The van der Waals surface area contributed by atoms with E-state index in [0.717, 1.165) is 68.8 Å². The molecule has 0 N–H and O–H groups in total. The monoisotopic (exact) mass is 348 g/mol. The van der Waals surface area contributed by atoms with Crippen molar-refractivity contribution in [3.05, 3.63) is 28.1 Å². The molecular formula is C17H24N4O2S. The molecule has 2 aromatic heterocycles. The molecule has 0 amide bonds. The van der Waals surface area contributed by atoms with Crippen LogP contribution in [-0.2, 0) is 30.7 Å². The summed E-state index contributed by atoms with van der Waals surface area (Å²) in [4.78, 5) is 10.5. The molecule has 3 heterocycles. The Hall–Kier alpha value is -1.44. The standard InChI is InChI=1S/C17H24N4O2S/c1-20(12-15-14-4-2-3-5-16(14)23-19-15)11-13-10-18-17(24-13)21-6-8-22-9-7-21/h10H,2-9,11-12H2,1H3. The average molecular weight is 348 g/mol. The highest BCUT2D eigenvalue weighted by Gasteiger charge is 2.20. The number of ether oxygens (including phenoxy) is 1. The Balaban J connectivity index is 1.37. The highest BCUT2D eigenvalue weighted by Crippen LogP contribution is 2.27. The van der Waals surface area contributed by atoms with Gasteiger partial charge in [0, 0.05) is 49.2 Å². The number of rotatable bonds is 5. The number of hydrogen-bond acceptors (Lipinski definition) is 7. The van der Waals surface area contributed by atoms with Crippen molar-refractivity contribution in [2.24, 2.45) is 0 Å². The van der Waals surface area contributed by atoms with Gasteiger partial charge < -0.3 is 14.2 Å². The molecule has 0 bridgehead atoms. The molecule has 0 unspecified atom stereocenters. The summed E-state index contributed by atoms with van der Waals surface area (Å²) in [7, 11) is 2.14. The molecule has 7 heteroatoms. The second-order valence-corrected chi connectivity index (χ2v) is 7.71. The molecule has 0 atom stereocenters.